The van der Waals surface area contributed by atoms with Gasteiger partial charge in [-0.2, -0.15) is 0 Å². The van der Waals surface area contributed by atoms with Crippen LogP contribution in [-0.4, -0.2) is 25.1 Å². The maximum Gasteiger partial charge on any atom is 0.253 e. The van der Waals surface area contributed by atoms with E-state index in [9.17, 15) is 4.79 Å². The fraction of sp³-hybridized carbons (Fsp3) is 0.150. The molecule has 3 heterocycles. The summed E-state index contributed by atoms with van der Waals surface area (Å²) in [5.74, 6) is 0.403. The van der Waals surface area contributed by atoms with Crippen LogP contribution in [0.2, 0.25) is 5.02 Å². The SMILES string of the molecule is Cc1ccc(C)n1-c1ccc(Cl)c(C(=O)NCc2nnc3ccccn23)c1. The monoisotopic (exact) mass is 379 g/mol. The van der Waals surface area contributed by atoms with Crippen LogP contribution in [0.5, 0.6) is 0 Å². The molecule has 136 valence electrons. The molecule has 4 aromatic rings. The molecule has 1 amide bonds. The lowest BCUT2D eigenvalue weighted by Gasteiger charge is -2.12. The van der Waals surface area contributed by atoms with Crippen molar-refractivity contribution in [2.75, 3.05) is 0 Å². The number of carbonyl (C=O) groups excluding carboxylic acids is 1. The van der Waals surface area contributed by atoms with Gasteiger partial charge >= 0.3 is 0 Å². The van der Waals surface area contributed by atoms with Gasteiger partial charge in [-0.25, -0.2) is 0 Å². The molecule has 0 radical (unpaired) electrons. The van der Waals surface area contributed by atoms with Crippen LogP contribution >= 0.6 is 11.6 Å². The van der Waals surface area contributed by atoms with Crippen molar-refractivity contribution in [3.8, 4) is 5.69 Å². The van der Waals surface area contributed by atoms with Gasteiger partial charge in [0.2, 0.25) is 0 Å². The summed E-state index contributed by atoms with van der Waals surface area (Å²) >= 11 is 6.28. The van der Waals surface area contributed by atoms with Crippen LogP contribution < -0.4 is 5.32 Å². The number of fused-ring (bicyclic) bond motifs is 1. The Morgan fingerprint density at radius 3 is 2.63 bits per heavy atom. The minimum absolute atomic E-state index is 0.253. The summed E-state index contributed by atoms with van der Waals surface area (Å²) in [4.78, 5) is 12.7. The zero-order valence-corrected chi connectivity index (χ0v) is 15.7. The van der Waals surface area contributed by atoms with E-state index >= 15 is 0 Å². The first-order valence-electron chi connectivity index (χ1n) is 8.56. The van der Waals surface area contributed by atoms with E-state index in [-0.39, 0.29) is 12.5 Å². The van der Waals surface area contributed by atoms with Crippen LogP contribution in [0, 0.1) is 13.8 Å². The number of hydrogen-bond acceptors (Lipinski definition) is 3. The minimum Gasteiger partial charge on any atom is -0.345 e. The molecule has 0 aliphatic rings. The highest BCUT2D eigenvalue weighted by Gasteiger charge is 2.14. The molecular formula is C20H18ClN5O. The van der Waals surface area contributed by atoms with Crippen molar-refractivity contribution in [3.05, 3.63) is 82.5 Å². The number of aryl methyl sites for hydroxylation is 2. The van der Waals surface area contributed by atoms with Crippen LogP contribution in [-0.2, 0) is 6.54 Å². The van der Waals surface area contributed by atoms with E-state index in [1.54, 1.807) is 12.1 Å². The molecule has 27 heavy (non-hydrogen) atoms. The molecule has 7 heteroatoms. The fourth-order valence-corrected chi connectivity index (χ4v) is 3.37. The number of pyridine rings is 1. The second kappa shape index (κ2) is 6.89. The average molecular weight is 380 g/mol. The second-order valence-corrected chi connectivity index (χ2v) is 6.75. The third-order valence-electron chi connectivity index (χ3n) is 4.52. The largest absolute Gasteiger partial charge is 0.345 e. The number of nitrogens with zero attached hydrogens (tertiary/aromatic N) is 4. The minimum atomic E-state index is -0.253. The van der Waals surface area contributed by atoms with E-state index in [4.69, 9.17) is 11.6 Å². The lowest BCUT2D eigenvalue weighted by Crippen LogP contribution is -2.24. The molecule has 6 nitrogen and oxygen atoms in total. The van der Waals surface area contributed by atoms with Crippen molar-refractivity contribution in [1.82, 2.24) is 24.5 Å². The molecule has 3 aromatic heterocycles. The van der Waals surface area contributed by atoms with Gasteiger partial charge in [0.1, 0.15) is 0 Å². The second-order valence-electron chi connectivity index (χ2n) is 6.34. The molecule has 0 spiro atoms. The molecule has 1 N–H and O–H groups in total. The highest BCUT2D eigenvalue weighted by atomic mass is 35.5. The normalized spacial score (nSPS) is 11.1. The fourth-order valence-electron chi connectivity index (χ4n) is 3.17. The van der Waals surface area contributed by atoms with Crippen molar-refractivity contribution in [3.63, 3.8) is 0 Å². The Kier molecular flexibility index (Phi) is 4.41. The van der Waals surface area contributed by atoms with E-state index in [0.29, 0.717) is 16.4 Å². The zero-order chi connectivity index (χ0) is 19.0. The number of aromatic nitrogens is 4. The maximum atomic E-state index is 12.7. The topological polar surface area (TPSA) is 64.2 Å². The average Bonchev–Trinajstić information content (AvgIpc) is 3.23. The first-order valence-corrected chi connectivity index (χ1v) is 8.94. The molecule has 0 aliphatic carbocycles. The van der Waals surface area contributed by atoms with Gasteiger partial charge in [0, 0.05) is 23.3 Å². The van der Waals surface area contributed by atoms with Crippen molar-refractivity contribution in [1.29, 1.82) is 0 Å². The molecule has 0 atom stereocenters. The van der Waals surface area contributed by atoms with Crippen LogP contribution in [0.4, 0.5) is 0 Å². The molecule has 0 fully saturated rings. The summed E-state index contributed by atoms with van der Waals surface area (Å²) < 4.78 is 3.92. The molecule has 0 unspecified atom stereocenters. The summed E-state index contributed by atoms with van der Waals surface area (Å²) in [6.45, 7) is 4.31. The first kappa shape index (κ1) is 17.3. The van der Waals surface area contributed by atoms with E-state index in [2.05, 4.69) is 20.1 Å². The van der Waals surface area contributed by atoms with Gasteiger partial charge in [0.05, 0.1) is 17.1 Å². The van der Waals surface area contributed by atoms with E-state index < -0.39 is 0 Å². The first-order chi connectivity index (χ1) is 13.0. The van der Waals surface area contributed by atoms with Crippen molar-refractivity contribution < 1.29 is 4.79 Å². The van der Waals surface area contributed by atoms with Crippen molar-refractivity contribution >= 4 is 23.2 Å². The quantitative estimate of drug-likeness (QED) is 0.587. The number of benzene rings is 1. The summed E-state index contributed by atoms with van der Waals surface area (Å²) in [6.07, 6.45) is 1.86. The Morgan fingerprint density at radius 1 is 1.07 bits per heavy atom. The Morgan fingerprint density at radius 2 is 1.85 bits per heavy atom. The predicted molar refractivity (Wildman–Crippen MR) is 104 cm³/mol. The van der Waals surface area contributed by atoms with Gasteiger partial charge in [-0.3, -0.25) is 9.20 Å². The Hall–Kier alpha value is -3.12. The number of carbonyl (C=O) groups is 1. The summed E-state index contributed by atoms with van der Waals surface area (Å²) in [5, 5.41) is 11.5. The summed E-state index contributed by atoms with van der Waals surface area (Å²) in [6, 6.07) is 15.2. The maximum absolute atomic E-state index is 12.7. The predicted octanol–water partition coefficient (Wildman–Crippen LogP) is 3.72. The molecule has 0 saturated carbocycles. The number of rotatable bonds is 4. The highest BCUT2D eigenvalue weighted by molar-refractivity contribution is 6.33. The van der Waals surface area contributed by atoms with Crippen molar-refractivity contribution in [2.45, 2.75) is 20.4 Å². The van der Waals surface area contributed by atoms with E-state index in [1.165, 1.54) is 0 Å². The number of amides is 1. The van der Waals surface area contributed by atoms with Crippen LogP contribution in [0.15, 0.2) is 54.7 Å². The summed E-state index contributed by atoms with van der Waals surface area (Å²) in [5.41, 5.74) is 4.25. The van der Waals surface area contributed by atoms with Crippen LogP contribution in [0.25, 0.3) is 11.3 Å². The smallest absolute Gasteiger partial charge is 0.253 e. The standard InChI is InChI=1S/C20H18ClN5O/c1-13-6-7-14(2)26(13)15-8-9-17(21)16(11-15)20(27)22-12-19-24-23-18-5-3-4-10-25(18)19/h3-11H,12H2,1-2H3,(H,22,27). The third kappa shape index (κ3) is 3.19. The Labute approximate surface area is 161 Å². The van der Waals surface area contributed by atoms with Gasteiger partial charge in [0.15, 0.2) is 11.5 Å². The lowest BCUT2D eigenvalue weighted by molar-refractivity contribution is 0.0950. The van der Waals surface area contributed by atoms with Gasteiger partial charge < -0.3 is 9.88 Å². The van der Waals surface area contributed by atoms with Gasteiger partial charge in [-0.05, 0) is 56.3 Å². The van der Waals surface area contributed by atoms with E-state index in [0.717, 1.165) is 22.7 Å². The molecular weight excluding hydrogens is 362 g/mol. The highest BCUT2D eigenvalue weighted by Crippen LogP contribution is 2.23. The molecule has 0 saturated heterocycles. The number of nitrogens with one attached hydrogen (secondary N) is 1. The zero-order valence-electron chi connectivity index (χ0n) is 15.0. The van der Waals surface area contributed by atoms with Gasteiger partial charge in [-0.1, -0.05) is 17.7 Å². The third-order valence-corrected chi connectivity index (χ3v) is 4.84. The molecule has 0 bridgehead atoms. The van der Waals surface area contributed by atoms with Crippen LogP contribution in [0.1, 0.15) is 27.6 Å². The summed E-state index contributed by atoms with van der Waals surface area (Å²) in [7, 11) is 0. The van der Waals surface area contributed by atoms with Gasteiger partial charge in [0.25, 0.3) is 5.91 Å². The van der Waals surface area contributed by atoms with Crippen LogP contribution in [0.3, 0.4) is 0 Å². The number of hydrogen-bond donors (Lipinski definition) is 1. The Bertz CT molecular complexity index is 1120. The number of halogens is 1. The Balaban J connectivity index is 1.59. The molecule has 0 aliphatic heterocycles. The van der Waals surface area contributed by atoms with Gasteiger partial charge in [-0.15, -0.1) is 10.2 Å². The van der Waals surface area contributed by atoms with E-state index in [1.807, 2.05) is 60.8 Å². The molecule has 4 rings (SSSR count). The van der Waals surface area contributed by atoms with Crippen molar-refractivity contribution in [2.24, 2.45) is 0 Å². The molecule has 1 aromatic carbocycles. The lowest BCUT2D eigenvalue weighted by atomic mass is 10.1.